The molecule has 1 amide bonds. The summed E-state index contributed by atoms with van der Waals surface area (Å²) in [6.07, 6.45) is 1.37. The van der Waals surface area contributed by atoms with E-state index in [1.165, 1.54) is 31.5 Å². The fourth-order valence-electron chi connectivity index (χ4n) is 5.15. The maximum absolute atomic E-state index is 14.0. The minimum Gasteiger partial charge on any atom is -0.496 e. The number of ether oxygens (including phenoxy) is 2. The van der Waals surface area contributed by atoms with Gasteiger partial charge in [-0.15, -0.1) is 0 Å². The minimum absolute atomic E-state index is 0.0539. The molecule has 0 spiro atoms. The number of nitrogens with one attached hydrogen (secondary N) is 1. The number of nitriles is 1. The standard InChI is InChI=1S/C33H20Cl2FN3O5/c1-16-11-18(15-38-30(16)36)21-12-17(7-10-25(21)42-2)27-23(14-37)32(39-31(40)22-13-19(34)8-9-24(22)35)44-29-20-5-3-4-6-26(20)43-33(41)28(27)29/h3-13,15,27H,1-2H3,(H,39,40). The molecule has 0 radical (unpaired) electrons. The van der Waals surface area contributed by atoms with Crippen LogP contribution in [0.4, 0.5) is 4.39 Å². The van der Waals surface area contributed by atoms with Crippen LogP contribution in [-0.4, -0.2) is 18.0 Å². The van der Waals surface area contributed by atoms with Gasteiger partial charge in [0, 0.05) is 27.9 Å². The van der Waals surface area contributed by atoms with Crippen molar-refractivity contribution in [2.45, 2.75) is 12.8 Å². The lowest BCUT2D eigenvalue weighted by atomic mass is 9.82. The molecule has 0 saturated carbocycles. The molecule has 8 nitrogen and oxygen atoms in total. The third kappa shape index (κ3) is 5.04. The van der Waals surface area contributed by atoms with Gasteiger partial charge >= 0.3 is 5.63 Å². The first-order chi connectivity index (χ1) is 21.2. The van der Waals surface area contributed by atoms with Crippen molar-refractivity contribution in [3.8, 4) is 28.7 Å². The SMILES string of the molecule is COc1ccc(C2C(C#N)=C(NC(=O)c3cc(Cl)ccc3Cl)Oc3c2c(=O)oc2ccccc32)cc1-c1cnc(F)c(C)c1. The van der Waals surface area contributed by atoms with E-state index in [9.17, 15) is 19.2 Å². The second kappa shape index (κ2) is 11.5. The Morgan fingerprint density at radius 2 is 1.91 bits per heavy atom. The van der Waals surface area contributed by atoms with Crippen LogP contribution in [0, 0.1) is 24.2 Å². The second-order valence-corrected chi connectivity index (χ2v) is 10.7. The Morgan fingerprint density at radius 3 is 2.66 bits per heavy atom. The fraction of sp³-hybridized carbons (Fsp3) is 0.0909. The van der Waals surface area contributed by atoms with Gasteiger partial charge in [0.05, 0.1) is 34.6 Å². The molecule has 1 N–H and O–H groups in total. The first-order valence-electron chi connectivity index (χ1n) is 13.1. The zero-order valence-corrected chi connectivity index (χ0v) is 24.6. The Kier molecular flexibility index (Phi) is 7.55. The summed E-state index contributed by atoms with van der Waals surface area (Å²) in [5.41, 5.74) is 1.44. The topological polar surface area (TPSA) is 114 Å². The number of para-hydroxylation sites is 1. The van der Waals surface area contributed by atoms with Crippen molar-refractivity contribution in [3.63, 3.8) is 0 Å². The van der Waals surface area contributed by atoms with Crippen LogP contribution in [0.3, 0.4) is 0 Å². The first kappa shape index (κ1) is 28.9. The Labute approximate surface area is 259 Å². The number of carbonyl (C=O) groups excluding carboxylic acids is 1. The number of pyridine rings is 1. The number of rotatable bonds is 5. The predicted molar refractivity (Wildman–Crippen MR) is 162 cm³/mol. The smallest absolute Gasteiger partial charge is 0.344 e. The van der Waals surface area contributed by atoms with Crippen molar-refractivity contribution in [3.05, 3.63) is 133 Å². The fourth-order valence-corrected chi connectivity index (χ4v) is 5.52. The van der Waals surface area contributed by atoms with Crippen LogP contribution in [0.1, 0.15) is 33.0 Å². The molecule has 44 heavy (non-hydrogen) atoms. The van der Waals surface area contributed by atoms with E-state index in [4.69, 9.17) is 37.1 Å². The zero-order chi connectivity index (χ0) is 31.1. The molecule has 11 heteroatoms. The molecule has 1 aliphatic heterocycles. The van der Waals surface area contributed by atoms with E-state index in [2.05, 4.69) is 16.4 Å². The van der Waals surface area contributed by atoms with Crippen molar-refractivity contribution in [1.82, 2.24) is 10.3 Å². The van der Waals surface area contributed by atoms with Crippen molar-refractivity contribution < 1.29 is 23.1 Å². The lowest BCUT2D eigenvalue weighted by Crippen LogP contribution is -2.33. The molecule has 1 atom stereocenters. The highest BCUT2D eigenvalue weighted by Crippen LogP contribution is 2.45. The van der Waals surface area contributed by atoms with Crippen LogP contribution >= 0.6 is 23.2 Å². The van der Waals surface area contributed by atoms with E-state index in [-0.39, 0.29) is 44.0 Å². The van der Waals surface area contributed by atoms with Gasteiger partial charge in [0.25, 0.3) is 5.91 Å². The van der Waals surface area contributed by atoms with Gasteiger partial charge in [-0.1, -0.05) is 41.4 Å². The summed E-state index contributed by atoms with van der Waals surface area (Å²) in [6, 6.07) is 19.9. The quantitative estimate of drug-likeness (QED) is 0.160. The molecule has 0 fully saturated rings. The number of aryl methyl sites for hydroxylation is 1. The van der Waals surface area contributed by atoms with Crippen molar-refractivity contribution in [2.24, 2.45) is 0 Å². The Bertz CT molecular complexity index is 2140. The highest BCUT2D eigenvalue weighted by Gasteiger charge is 2.37. The average molecular weight is 628 g/mol. The van der Waals surface area contributed by atoms with Gasteiger partial charge < -0.3 is 13.9 Å². The van der Waals surface area contributed by atoms with E-state index in [0.29, 0.717) is 33.4 Å². The summed E-state index contributed by atoms with van der Waals surface area (Å²) in [7, 11) is 1.49. The summed E-state index contributed by atoms with van der Waals surface area (Å²) in [4.78, 5) is 30.8. The maximum Gasteiger partial charge on any atom is 0.344 e. The molecule has 3 aromatic carbocycles. The van der Waals surface area contributed by atoms with Gasteiger partial charge in [-0.3, -0.25) is 10.1 Å². The Morgan fingerprint density at radius 1 is 1.11 bits per heavy atom. The van der Waals surface area contributed by atoms with Gasteiger partial charge in [-0.25, -0.2) is 9.78 Å². The van der Waals surface area contributed by atoms with Gasteiger partial charge in [0.15, 0.2) is 5.75 Å². The Hall–Kier alpha value is -5.17. The number of halogens is 3. The van der Waals surface area contributed by atoms with E-state index in [0.717, 1.165) is 0 Å². The molecular weight excluding hydrogens is 608 g/mol. The zero-order valence-electron chi connectivity index (χ0n) is 23.1. The molecule has 1 aliphatic rings. The number of hydrogen-bond acceptors (Lipinski definition) is 7. The number of fused-ring (bicyclic) bond motifs is 3. The highest BCUT2D eigenvalue weighted by atomic mass is 35.5. The number of nitrogens with zero attached hydrogens (tertiary/aromatic N) is 2. The Balaban J connectivity index is 1.59. The molecule has 218 valence electrons. The van der Waals surface area contributed by atoms with Crippen LogP contribution in [0.5, 0.6) is 11.5 Å². The van der Waals surface area contributed by atoms with Crippen LogP contribution in [0.25, 0.3) is 22.1 Å². The normalized spacial score (nSPS) is 14.0. The lowest BCUT2D eigenvalue weighted by Gasteiger charge is -2.28. The summed E-state index contributed by atoms with van der Waals surface area (Å²) in [5, 5.41) is 14.0. The lowest BCUT2D eigenvalue weighted by molar-refractivity contribution is 0.0948. The first-order valence-corrected chi connectivity index (χ1v) is 13.9. The molecule has 1 unspecified atom stereocenters. The summed E-state index contributed by atoms with van der Waals surface area (Å²) < 4.78 is 31.4. The van der Waals surface area contributed by atoms with Crippen LogP contribution in [-0.2, 0) is 0 Å². The van der Waals surface area contributed by atoms with Crippen LogP contribution in [0.2, 0.25) is 10.0 Å². The van der Waals surface area contributed by atoms with Crippen molar-refractivity contribution in [2.75, 3.05) is 7.11 Å². The second-order valence-electron chi connectivity index (χ2n) is 9.89. The summed E-state index contributed by atoms with van der Waals surface area (Å²) >= 11 is 12.4. The number of methoxy groups -OCH3 is 1. The predicted octanol–water partition coefficient (Wildman–Crippen LogP) is 7.31. The molecule has 5 aromatic rings. The number of allylic oxidation sites excluding steroid dienone is 1. The number of benzene rings is 3. The van der Waals surface area contributed by atoms with E-state index >= 15 is 0 Å². The van der Waals surface area contributed by atoms with Crippen LogP contribution < -0.4 is 20.4 Å². The van der Waals surface area contributed by atoms with E-state index in [1.54, 1.807) is 55.5 Å². The third-order valence-corrected chi connectivity index (χ3v) is 7.79. The van der Waals surface area contributed by atoms with Gasteiger partial charge in [-0.2, -0.15) is 9.65 Å². The number of aromatic nitrogens is 1. The molecule has 6 rings (SSSR count). The van der Waals surface area contributed by atoms with Gasteiger partial charge in [0.1, 0.15) is 23.0 Å². The number of amides is 1. The monoisotopic (exact) mass is 627 g/mol. The maximum atomic E-state index is 14.0. The van der Waals surface area contributed by atoms with Gasteiger partial charge in [-0.05, 0) is 61.0 Å². The van der Waals surface area contributed by atoms with Crippen molar-refractivity contribution in [1.29, 1.82) is 5.26 Å². The third-order valence-electron chi connectivity index (χ3n) is 7.23. The average Bonchev–Trinajstić information content (AvgIpc) is 3.02. The minimum atomic E-state index is -1.05. The molecule has 0 saturated heterocycles. The molecule has 0 aliphatic carbocycles. The molecule has 0 bridgehead atoms. The molecular formula is C33H20Cl2FN3O5. The van der Waals surface area contributed by atoms with Crippen LogP contribution in [0.15, 0.2) is 93.6 Å². The summed E-state index contributed by atoms with van der Waals surface area (Å²) in [6.45, 7) is 1.59. The van der Waals surface area contributed by atoms with Crippen molar-refractivity contribution >= 4 is 40.1 Å². The van der Waals surface area contributed by atoms with E-state index < -0.39 is 23.4 Å². The highest BCUT2D eigenvalue weighted by molar-refractivity contribution is 6.35. The molecule has 2 aromatic heterocycles. The summed E-state index contributed by atoms with van der Waals surface area (Å²) in [5.74, 6) is -1.97. The number of hydrogen-bond donors (Lipinski definition) is 1. The number of carbonyl (C=O) groups is 1. The van der Waals surface area contributed by atoms with Gasteiger partial charge in [0.2, 0.25) is 11.8 Å². The largest absolute Gasteiger partial charge is 0.496 e. The van der Waals surface area contributed by atoms with E-state index in [1.807, 2.05) is 0 Å². The molecule has 3 heterocycles.